The molecule has 1 heterocycles. The topological polar surface area (TPSA) is 57.6 Å². The second-order valence-corrected chi connectivity index (χ2v) is 8.22. The first-order chi connectivity index (χ1) is 14.9. The van der Waals surface area contributed by atoms with Crippen molar-refractivity contribution in [2.75, 3.05) is 0 Å². The van der Waals surface area contributed by atoms with Gasteiger partial charge in [-0.1, -0.05) is 71.8 Å². The van der Waals surface area contributed by atoms with E-state index < -0.39 is 17.7 Å². The predicted octanol–water partition coefficient (Wildman–Crippen LogP) is 5.58. The van der Waals surface area contributed by atoms with Gasteiger partial charge in [-0.15, -0.1) is 0 Å². The van der Waals surface area contributed by atoms with Gasteiger partial charge in [-0.3, -0.25) is 9.59 Å². The van der Waals surface area contributed by atoms with Gasteiger partial charge in [0.2, 0.25) is 0 Å². The molecule has 0 saturated carbocycles. The highest BCUT2D eigenvalue weighted by atomic mass is 35.5. The molecule has 0 aliphatic carbocycles. The molecular weight excluding hydrogens is 410 g/mol. The highest BCUT2D eigenvalue weighted by Crippen LogP contribution is 2.41. The molecule has 4 rings (SSSR count). The number of rotatable bonds is 4. The fourth-order valence-electron chi connectivity index (χ4n) is 3.98. The molecule has 0 aromatic heterocycles. The number of hydrogen-bond donors (Lipinski definition) is 1. The molecule has 4 nitrogen and oxygen atoms in total. The summed E-state index contributed by atoms with van der Waals surface area (Å²) in [5.74, 6) is -1.50. The van der Waals surface area contributed by atoms with Gasteiger partial charge in [0.25, 0.3) is 11.7 Å². The summed E-state index contributed by atoms with van der Waals surface area (Å²) in [5.41, 5.74) is 3.96. The SMILES string of the molecule is Cc1ccc(C)c(/C(O)=C2\C(=O)C(=O)N(Cc3ccccc3)C2c2cccc(Cl)c2)c1. The van der Waals surface area contributed by atoms with Crippen LogP contribution in [0.25, 0.3) is 5.76 Å². The summed E-state index contributed by atoms with van der Waals surface area (Å²) in [6, 6.07) is 21.4. The van der Waals surface area contributed by atoms with Crippen LogP contribution in [0.3, 0.4) is 0 Å². The van der Waals surface area contributed by atoms with E-state index in [0.29, 0.717) is 16.1 Å². The smallest absolute Gasteiger partial charge is 0.295 e. The van der Waals surface area contributed by atoms with Crippen molar-refractivity contribution in [1.82, 2.24) is 4.90 Å². The minimum Gasteiger partial charge on any atom is -0.507 e. The third kappa shape index (κ3) is 3.99. The van der Waals surface area contributed by atoms with Crippen LogP contribution in [-0.4, -0.2) is 21.7 Å². The first-order valence-corrected chi connectivity index (χ1v) is 10.4. The molecule has 1 aliphatic heterocycles. The molecule has 1 unspecified atom stereocenters. The third-order valence-electron chi connectivity index (χ3n) is 5.55. The lowest BCUT2D eigenvalue weighted by molar-refractivity contribution is -0.140. The second kappa shape index (κ2) is 8.40. The Hall–Kier alpha value is -3.37. The van der Waals surface area contributed by atoms with E-state index in [1.807, 2.05) is 68.4 Å². The Morgan fingerprint density at radius 2 is 1.71 bits per heavy atom. The lowest BCUT2D eigenvalue weighted by Gasteiger charge is -2.25. The van der Waals surface area contributed by atoms with Gasteiger partial charge in [-0.25, -0.2) is 0 Å². The summed E-state index contributed by atoms with van der Waals surface area (Å²) in [5, 5.41) is 11.7. The van der Waals surface area contributed by atoms with E-state index in [4.69, 9.17) is 11.6 Å². The summed E-state index contributed by atoms with van der Waals surface area (Å²) >= 11 is 6.23. The van der Waals surface area contributed by atoms with Gasteiger partial charge in [-0.05, 0) is 48.7 Å². The Morgan fingerprint density at radius 3 is 2.42 bits per heavy atom. The number of nitrogens with zero attached hydrogens (tertiary/aromatic N) is 1. The van der Waals surface area contributed by atoms with Crippen LogP contribution < -0.4 is 0 Å². The Kier molecular flexibility index (Phi) is 5.66. The minimum atomic E-state index is -0.737. The summed E-state index contributed by atoms with van der Waals surface area (Å²) in [7, 11) is 0. The zero-order valence-corrected chi connectivity index (χ0v) is 18.1. The molecule has 31 heavy (non-hydrogen) atoms. The molecule has 1 atom stereocenters. The molecule has 3 aromatic rings. The number of aliphatic hydroxyl groups is 1. The average molecular weight is 432 g/mol. The van der Waals surface area contributed by atoms with E-state index in [1.54, 1.807) is 18.2 Å². The van der Waals surface area contributed by atoms with E-state index in [-0.39, 0.29) is 17.9 Å². The van der Waals surface area contributed by atoms with Crippen LogP contribution in [0.1, 0.15) is 33.9 Å². The van der Waals surface area contributed by atoms with Crippen LogP contribution in [-0.2, 0) is 16.1 Å². The summed E-state index contributed by atoms with van der Waals surface area (Å²) < 4.78 is 0. The third-order valence-corrected chi connectivity index (χ3v) is 5.78. The van der Waals surface area contributed by atoms with Crippen LogP contribution in [0.4, 0.5) is 0 Å². The lowest BCUT2D eigenvalue weighted by Crippen LogP contribution is -2.29. The number of aryl methyl sites for hydroxylation is 2. The van der Waals surface area contributed by atoms with Crippen molar-refractivity contribution >= 4 is 29.1 Å². The molecule has 1 amide bonds. The Bertz CT molecular complexity index is 1200. The minimum absolute atomic E-state index is 0.0805. The number of ketones is 1. The fraction of sp³-hybridized carbons (Fsp3) is 0.154. The van der Waals surface area contributed by atoms with Crippen LogP contribution >= 0.6 is 11.6 Å². The number of hydrogen-bond acceptors (Lipinski definition) is 3. The van der Waals surface area contributed by atoms with Crippen LogP contribution in [0.15, 0.2) is 78.4 Å². The van der Waals surface area contributed by atoms with Crippen molar-refractivity contribution in [1.29, 1.82) is 0 Å². The molecule has 5 heteroatoms. The Morgan fingerprint density at radius 1 is 0.968 bits per heavy atom. The van der Waals surface area contributed by atoms with Crippen molar-refractivity contribution in [2.24, 2.45) is 0 Å². The first kappa shape index (κ1) is 20.9. The number of amides is 1. The zero-order chi connectivity index (χ0) is 22.1. The molecule has 0 spiro atoms. The molecule has 1 saturated heterocycles. The molecule has 3 aromatic carbocycles. The Balaban J connectivity index is 1.91. The van der Waals surface area contributed by atoms with Gasteiger partial charge < -0.3 is 10.0 Å². The van der Waals surface area contributed by atoms with E-state index in [0.717, 1.165) is 16.7 Å². The number of aliphatic hydroxyl groups excluding tert-OH is 1. The van der Waals surface area contributed by atoms with Crippen LogP contribution in [0, 0.1) is 13.8 Å². The number of carbonyl (C=O) groups excluding carboxylic acids is 2. The summed E-state index contributed by atoms with van der Waals surface area (Å²) in [6.07, 6.45) is 0. The van der Waals surface area contributed by atoms with Gasteiger partial charge >= 0.3 is 0 Å². The molecule has 1 fully saturated rings. The van der Waals surface area contributed by atoms with Gasteiger partial charge in [0.15, 0.2) is 0 Å². The van der Waals surface area contributed by atoms with Crippen molar-refractivity contribution in [3.05, 3.63) is 111 Å². The molecule has 0 radical (unpaired) electrons. The maximum atomic E-state index is 13.1. The Labute approximate surface area is 186 Å². The van der Waals surface area contributed by atoms with E-state index in [1.165, 1.54) is 4.90 Å². The number of benzene rings is 3. The highest BCUT2D eigenvalue weighted by molar-refractivity contribution is 6.46. The van der Waals surface area contributed by atoms with Crippen LogP contribution in [0.5, 0.6) is 0 Å². The summed E-state index contributed by atoms with van der Waals surface area (Å²) in [4.78, 5) is 27.7. The number of halogens is 1. The zero-order valence-electron chi connectivity index (χ0n) is 17.3. The van der Waals surface area contributed by atoms with Gasteiger partial charge in [0.05, 0.1) is 11.6 Å². The highest BCUT2D eigenvalue weighted by Gasteiger charge is 2.46. The number of likely N-dealkylation sites (tertiary alicyclic amines) is 1. The maximum Gasteiger partial charge on any atom is 0.295 e. The molecule has 1 N–H and O–H groups in total. The van der Waals surface area contributed by atoms with E-state index in [9.17, 15) is 14.7 Å². The quantitative estimate of drug-likeness (QED) is 0.333. The van der Waals surface area contributed by atoms with E-state index in [2.05, 4.69) is 0 Å². The standard InChI is InChI=1S/C26H22ClNO3/c1-16-11-12-17(2)21(13-16)24(29)22-23(19-9-6-10-20(27)14-19)28(26(31)25(22)30)15-18-7-4-3-5-8-18/h3-14,23,29H,15H2,1-2H3/b24-22+. The van der Waals surface area contributed by atoms with Crippen molar-refractivity contribution in [3.63, 3.8) is 0 Å². The maximum absolute atomic E-state index is 13.1. The average Bonchev–Trinajstić information content (AvgIpc) is 3.00. The molecule has 1 aliphatic rings. The largest absolute Gasteiger partial charge is 0.507 e. The normalized spacial score (nSPS) is 17.9. The first-order valence-electron chi connectivity index (χ1n) is 10.0. The summed E-state index contributed by atoms with van der Waals surface area (Å²) in [6.45, 7) is 4.02. The van der Waals surface area contributed by atoms with Crippen molar-refractivity contribution in [2.45, 2.75) is 26.4 Å². The number of carbonyl (C=O) groups is 2. The second-order valence-electron chi connectivity index (χ2n) is 7.79. The van der Waals surface area contributed by atoms with Gasteiger partial charge in [0.1, 0.15) is 5.76 Å². The molecular formula is C26H22ClNO3. The van der Waals surface area contributed by atoms with Gasteiger partial charge in [-0.2, -0.15) is 0 Å². The van der Waals surface area contributed by atoms with Crippen molar-refractivity contribution in [3.8, 4) is 0 Å². The predicted molar refractivity (Wildman–Crippen MR) is 122 cm³/mol. The molecule has 0 bridgehead atoms. The van der Waals surface area contributed by atoms with Crippen molar-refractivity contribution < 1.29 is 14.7 Å². The van der Waals surface area contributed by atoms with Gasteiger partial charge in [0, 0.05) is 17.1 Å². The fourth-order valence-corrected chi connectivity index (χ4v) is 4.18. The lowest BCUT2D eigenvalue weighted by atomic mass is 9.93. The monoisotopic (exact) mass is 431 g/mol. The molecule has 156 valence electrons. The van der Waals surface area contributed by atoms with E-state index >= 15 is 0 Å². The number of Topliss-reactive ketones (excluding diaryl/α,β-unsaturated/α-hetero) is 1. The van der Waals surface area contributed by atoms with Crippen LogP contribution in [0.2, 0.25) is 5.02 Å².